The van der Waals surface area contributed by atoms with Gasteiger partial charge < -0.3 is 14.5 Å². The minimum atomic E-state index is -0.362. The van der Waals surface area contributed by atoms with Crippen molar-refractivity contribution >= 4 is 5.97 Å². The predicted molar refractivity (Wildman–Crippen MR) is 69.0 cm³/mol. The normalized spacial score (nSPS) is 19.3. The van der Waals surface area contributed by atoms with Gasteiger partial charge in [-0.3, -0.25) is 4.79 Å². The van der Waals surface area contributed by atoms with Crippen molar-refractivity contribution in [2.45, 2.75) is 27.2 Å². The average molecular weight is 242 g/mol. The van der Waals surface area contributed by atoms with E-state index in [1.54, 1.807) is 0 Å². The van der Waals surface area contributed by atoms with E-state index in [0.717, 1.165) is 39.1 Å². The maximum absolute atomic E-state index is 11.7. The maximum atomic E-state index is 11.7. The van der Waals surface area contributed by atoms with Crippen LogP contribution in [0.15, 0.2) is 0 Å². The van der Waals surface area contributed by atoms with E-state index in [0.29, 0.717) is 6.61 Å². The number of hydrogen-bond acceptors (Lipinski definition) is 4. The Balaban J connectivity index is 2.31. The van der Waals surface area contributed by atoms with Crippen LogP contribution >= 0.6 is 0 Å². The molecule has 1 aliphatic heterocycles. The number of esters is 1. The summed E-state index contributed by atoms with van der Waals surface area (Å²) in [7, 11) is 2.15. The third-order valence-electron chi connectivity index (χ3n) is 3.48. The second-order valence-corrected chi connectivity index (χ2v) is 5.50. The Hall–Kier alpha value is -0.610. The van der Waals surface area contributed by atoms with Gasteiger partial charge in [0, 0.05) is 26.2 Å². The molecule has 17 heavy (non-hydrogen) atoms. The van der Waals surface area contributed by atoms with Gasteiger partial charge in [0.2, 0.25) is 0 Å². The molecule has 1 heterocycles. The number of carbonyl (C=O) groups is 1. The summed E-state index contributed by atoms with van der Waals surface area (Å²) in [5.41, 5.74) is -0.362. The van der Waals surface area contributed by atoms with Gasteiger partial charge in [0.1, 0.15) is 0 Å². The zero-order valence-corrected chi connectivity index (χ0v) is 11.7. The number of nitrogens with zero attached hydrogens (tertiary/aromatic N) is 2. The van der Waals surface area contributed by atoms with E-state index in [1.165, 1.54) is 0 Å². The fourth-order valence-electron chi connectivity index (χ4n) is 1.94. The summed E-state index contributed by atoms with van der Waals surface area (Å²) in [6.45, 7) is 11.7. The highest BCUT2D eigenvalue weighted by Crippen LogP contribution is 2.23. The molecule has 0 aromatic rings. The molecule has 0 atom stereocenters. The molecule has 1 saturated heterocycles. The van der Waals surface area contributed by atoms with Crippen LogP contribution in [0.2, 0.25) is 0 Å². The fourth-order valence-corrected chi connectivity index (χ4v) is 1.94. The van der Waals surface area contributed by atoms with Crippen molar-refractivity contribution in [3.8, 4) is 0 Å². The maximum Gasteiger partial charge on any atom is 0.311 e. The Morgan fingerprint density at radius 2 is 1.82 bits per heavy atom. The van der Waals surface area contributed by atoms with Crippen molar-refractivity contribution in [3.05, 3.63) is 0 Å². The third kappa shape index (κ3) is 4.64. The van der Waals surface area contributed by atoms with Crippen molar-refractivity contribution in [2.75, 3.05) is 46.4 Å². The predicted octanol–water partition coefficient (Wildman–Crippen LogP) is 1.21. The van der Waals surface area contributed by atoms with Crippen LogP contribution in [0, 0.1) is 5.41 Å². The summed E-state index contributed by atoms with van der Waals surface area (Å²) < 4.78 is 5.10. The lowest BCUT2D eigenvalue weighted by Crippen LogP contribution is -2.45. The number of piperazine rings is 1. The highest BCUT2D eigenvalue weighted by atomic mass is 16.5. The number of ether oxygens (including phenoxy) is 1. The summed E-state index contributed by atoms with van der Waals surface area (Å²) >= 11 is 0. The van der Waals surface area contributed by atoms with Gasteiger partial charge in [0.15, 0.2) is 0 Å². The summed E-state index contributed by atoms with van der Waals surface area (Å²) in [6.07, 6.45) is 0.871. The van der Waals surface area contributed by atoms with Crippen LogP contribution < -0.4 is 0 Å². The van der Waals surface area contributed by atoms with Gasteiger partial charge in [-0.2, -0.15) is 0 Å². The Kier molecular flexibility index (Phi) is 5.40. The topological polar surface area (TPSA) is 32.8 Å². The summed E-state index contributed by atoms with van der Waals surface area (Å²) in [6, 6.07) is 0. The summed E-state index contributed by atoms with van der Waals surface area (Å²) in [5, 5.41) is 0. The molecule has 0 aliphatic carbocycles. The average Bonchev–Trinajstić information content (AvgIpc) is 2.29. The zero-order chi connectivity index (χ0) is 12.9. The Labute approximate surface area is 105 Å². The smallest absolute Gasteiger partial charge is 0.311 e. The SMILES string of the molecule is CCOC(=O)C(C)(C)CCN1CCN(C)CC1. The van der Waals surface area contributed by atoms with E-state index < -0.39 is 0 Å². The molecular formula is C13H26N2O2. The molecule has 0 radical (unpaired) electrons. The van der Waals surface area contributed by atoms with Crippen molar-refractivity contribution < 1.29 is 9.53 Å². The molecular weight excluding hydrogens is 216 g/mol. The molecule has 1 aliphatic rings. The lowest BCUT2D eigenvalue weighted by molar-refractivity contribution is -0.154. The van der Waals surface area contributed by atoms with Crippen LogP contribution in [0.4, 0.5) is 0 Å². The van der Waals surface area contributed by atoms with Crippen LogP contribution in [-0.4, -0.2) is 62.1 Å². The molecule has 0 N–H and O–H groups in total. The molecule has 4 nitrogen and oxygen atoms in total. The van der Waals surface area contributed by atoms with Crippen LogP contribution in [0.1, 0.15) is 27.2 Å². The van der Waals surface area contributed by atoms with E-state index in [4.69, 9.17) is 4.74 Å². The molecule has 0 spiro atoms. The van der Waals surface area contributed by atoms with Crippen LogP contribution in [-0.2, 0) is 9.53 Å². The van der Waals surface area contributed by atoms with E-state index in [1.807, 2.05) is 20.8 Å². The molecule has 1 rings (SSSR count). The van der Waals surface area contributed by atoms with Gasteiger partial charge in [-0.25, -0.2) is 0 Å². The minimum absolute atomic E-state index is 0.0749. The summed E-state index contributed by atoms with van der Waals surface area (Å²) in [4.78, 5) is 16.5. The van der Waals surface area contributed by atoms with Crippen molar-refractivity contribution in [1.82, 2.24) is 9.80 Å². The molecule has 100 valence electrons. The molecule has 0 amide bonds. The minimum Gasteiger partial charge on any atom is -0.466 e. The largest absolute Gasteiger partial charge is 0.466 e. The van der Waals surface area contributed by atoms with Crippen molar-refractivity contribution in [3.63, 3.8) is 0 Å². The van der Waals surface area contributed by atoms with Gasteiger partial charge in [-0.15, -0.1) is 0 Å². The van der Waals surface area contributed by atoms with Crippen LogP contribution in [0.5, 0.6) is 0 Å². The van der Waals surface area contributed by atoms with E-state index in [-0.39, 0.29) is 11.4 Å². The highest BCUT2D eigenvalue weighted by molar-refractivity contribution is 5.75. The molecule has 0 aromatic heterocycles. The monoisotopic (exact) mass is 242 g/mol. The fraction of sp³-hybridized carbons (Fsp3) is 0.923. The Morgan fingerprint density at radius 1 is 1.24 bits per heavy atom. The van der Waals surface area contributed by atoms with Gasteiger partial charge >= 0.3 is 5.97 Å². The highest BCUT2D eigenvalue weighted by Gasteiger charge is 2.29. The molecule has 0 saturated carbocycles. The van der Waals surface area contributed by atoms with Gasteiger partial charge in [-0.05, 0) is 40.8 Å². The van der Waals surface area contributed by atoms with E-state index in [2.05, 4.69) is 16.8 Å². The molecule has 4 heteroatoms. The van der Waals surface area contributed by atoms with E-state index >= 15 is 0 Å². The first kappa shape index (κ1) is 14.5. The number of likely N-dealkylation sites (N-methyl/N-ethyl adjacent to an activating group) is 1. The van der Waals surface area contributed by atoms with Gasteiger partial charge in [0.25, 0.3) is 0 Å². The van der Waals surface area contributed by atoms with Gasteiger partial charge in [0.05, 0.1) is 12.0 Å². The lowest BCUT2D eigenvalue weighted by atomic mass is 9.89. The first-order valence-corrected chi connectivity index (χ1v) is 6.54. The molecule has 1 fully saturated rings. The van der Waals surface area contributed by atoms with Crippen molar-refractivity contribution in [1.29, 1.82) is 0 Å². The molecule has 0 unspecified atom stereocenters. The number of carbonyl (C=O) groups excluding carboxylic acids is 1. The first-order chi connectivity index (χ1) is 7.95. The van der Waals surface area contributed by atoms with Gasteiger partial charge in [-0.1, -0.05) is 0 Å². The summed E-state index contributed by atoms with van der Waals surface area (Å²) in [5.74, 6) is -0.0749. The van der Waals surface area contributed by atoms with Crippen molar-refractivity contribution in [2.24, 2.45) is 5.41 Å². The van der Waals surface area contributed by atoms with E-state index in [9.17, 15) is 4.79 Å². The van der Waals surface area contributed by atoms with Crippen LogP contribution in [0.25, 0.3) is 0 Å². The molecule has 0 bridgehead atoms. The Morgan fingerprint density at radius 3 is 2.35 bits per heavy atom. The second kappa shape index (κ2) is 6.36. The third-order valence-corrected chi connectivity index (χ3v) is 3.48. The Bertz CT molecular complexity index is 246. The molecule has 0 aromatic carbocycles. The quantitative estimate of drug-likeness (QED) is 0.679. The standard InChI is InChI=1S/C13H26N2O2/c1-5-17-12(16)13(2,3)6-7-15-10-8-14(4)9-11-15/h5-11H2,1-4H3. The lowest BCUT2D eigenvalue weighted by Gasteiger charge is -2.34. The second-order valence-electron chi connectivity index (χ2n) is 5.50. The number of hydrogen-bond donors (Lipinski definition) is 0. The number of rotatable bonds is 5. The van der Waals surface area contributed by atoms with Crippen LogP contribution in [0.3, 0.4) is 0 Å². The zero-order valence-electron chi connectivity index (χ0n) is 11.7. The first-order valence-electron chi connectivity index (χ1n) is 6.54.